The Morgan fingerprint density at radius 1 is 0.379 bits per heavy atom. The molecule has 0 unspecified atom stereocenters. The predicted molar refractivity (Wildman–Crippen MR) is 242 cm³/mol. The van der Waals surface area contributed by atoms with E-state index in [9.17, 15) is 0 Å². The van der Waals surface area contributed by atoms with Gasteiger partial charge in [0.1, 0.15) is 11.5 Å². The first-order chi connectivity index (χ1) is 28.5. The number of hydrogen-bond acceptors (Lipinski definition) is 3. The second-order valence-corrected chi connectivity index (χ2v) is 15.7. The van der Waals surface area contributed by atoms with Crippen molar-refractivity contribution in [1.82, 2.24) is 0 Å². The van der Waals surface area contributed by atoms with E-state index in [-0.39, 0.29) is 5.41 Å². The Morgan fingerprint density at radius 2 is 0.914 bits per heavy atom. The standard InChI is InChI=1S/C55H40N2O/c1-55(2)46-26-13-12-24-44(46)53-47(55)27-15-28-48(53)57(42-33-31-38(32-34-42)37-17-6-3-7-18-37)43-35-39-19-14-25-45-52(39)51(36-43)58-50-30-16-29-49(54(45)50)56(40-20-8-4-9-21-40)41-22-10-5-11-23-41/h3-36H,1-2H3. The molecule has 0 amide bonds. The number of hydrogen-bond donors (Lipinski definition) is 0. The summed E-state index contributed by atoms with van der Waals surface area (Å²) in [6.45, 7) is 4.69. The van der Waals surface area contributed by atoms with Crippen LogP contribution in [0.2, 0.25) is 0 Å². The molecule has 0 atom stereocenters. The molecule has 3 nitrogen and oxygen atoms in total. The average molecular weight is 745 g/mol. The molecule has 0 aromatic heterocycles. The lowest BCUT2D eigenvalue weighted by Gasteiger charge is -2.32. The SMILES string of the molecule is CC1(C)c2ccccc2-c2c(N(c3ccc(-c4ccccc4)cc3)c3cc4c5c(cccc5c3)-c3c(cccc3N(c3ccccc3)c3ccccc3)O4)cccc21. The molecular formula is C55H40N2O. The van der Waals surface area contributed by atoms with Crippen molar-refractivity contribution in [3.63, 3.8) is 0 Å². The molecule has 9 aromatic rings. The van der Waals surface area contributed by atoms with Gasteiger partial charge in [0.2, 0.25) is 0 Å². The van der Waals surface area contributed by atoms with Gasteiger partial charge in [-0.05, 0) is 99.4 Å². The highest BCUT2D eigenvalue weighted by Gasteiger charge is 2.38. The van der Waals surface area contributed by atoms with Crippen LogP contribution >= 0.6 is 0 Å². The minimum absolute atomic E-state index is 0.132. The summed E-state index contributed by atoms with van der Waals surface area (Å²) in [7, 11) is 0. The summed E-state index contributed by atoms with van der Waals surface area (Å²) in [4.78, 5) is 4.76. The number of ether oxygens (including phenoxy) is 1. The molecule has 3 heteroatoms. The second-order valence-electron chi connectivity index (χ2n) is 15.7. The zero-order chi connectivity index (χ0) is 38.8. The lowest BCUT2D eigenvalue weighted by Crippen LogP contribution is -2.16. The lowest BCUT2D eigenvalue weighted by molar-refractivity contribution is 0.487. The van der Waals surface area contributed by atoms with Crippen LogP contribution in [0.5, 0.6) is 11.5 Å². The first-order valence-electron chi connectivity index (χ1n) is 20.0. The van der Waals surface area contributed by atoms with Gasteiger partial charge >= 0.3 is 0 Å². The number of para-hydroxylation sites is 2. The zero-order valence-electron chi connectivity index (χ0n) is 32.4. The normalized spacial score (nSPS) is 12.9. The van der Waals surface area contributed by atoms with E-state index in [4.69, 9.17) is 4.74 Å². The van der Waals surface area contributed by atoms with Gasteiger partial charge in [-0.3, -0.25) is 0 Å². The molecule has 1 aliphatic carbocycles. The molecule has 0 saturated heterocycles. The summed E-state index contributed by atoms with van der Waals surface area (Å²) in [6.07, 6.45) is 0. The molecule has 0 radical (unpaired) electrons. The van der Waals surface area contributed by atoms with Gasteiger partial charge in [0.25, 0.3) is 0 Å². The van der Waals surface area contributed by atoms with E-state index in [1.54, 1.807) is 0 Å². The Balaban J connectivity index is 1.12. The van der Waals surface area contributed by atoms with Crippen LogP contribution < -0.4 is 14.5 Å². The summed E-state index contributed by atoms with van der Waals surface area (Å²) >= 11 is 0. The first-order valence-corrected chi connectivity index (χ1v) is 20.0. The molecule has 2 aliphatic rings. The van der Waals surface area contributed by atoms with Crippen LogP contribution in [0.1, 0.15) is 25.0 Å². The molecule has 0 bridgehead atoms. The number of benzene rings is 9. The van der Waals surface area contributed by atoms with Crippen molar-refractivity contribution in [1.29, 1.82) is 0 Å². The van der Waals surface area contributed by atoms with Crippen LogP contribution in [0.15, 0.2) is 206 Å². The fourth-order valence-electron chi connectivity index (χ4n) is 9.33. The van der Waals surface area contributed by atoms with Crippen molar-refractivity contribution in [2.75, 3.05) is 9.80 Å². The topological polar surface area (TPSA) is 15.7 Å². The average Bonchev–Trinajstić information content (AvgIpc) is 3.51. The fraction of sp³-hybridized carbons (Fsp3) is 0.0545. The van der Waals surface area contributed by atoms with E-state index >= 15 is 0 Å². The van der Waals surface area contributed by atoms with E-state index < -0.39 is 0 Å². The Labute approximate surface area is 339 Å². The molecule has 58 heavy (non-hydrogen) atoms. The maximum absolute atomic E-state index is 7.08. The number of rotatable bonds is 7. The smallest absolute Gasteiger partial charge is 0.138 e. The number of fused-ring (bicyclic) bond motifs is 5. The third-order valence-electron chi connectivity index (χ3n) is 12.0. The summed E-state index contributed by atoms with van der Waals surface area (Å²) in [5.74, 6) is 1.68. The van der Waals surface area contributed by atoms with Crippen molar-refractivity contribution in [2.24, 2.45) is 0 Å². The molecular weight excluding hydrogens is 705 g/mol. The molecule has 0 fully saturated rings. The summed E-state index contributed by atoms with van der Waals surface area (Å²) in [5, 5.41) is 2.23. The monoisotopic (exact) mass is 744 g/mol. The number of nitrogens with zero attached hydrogens (tertiary/aromatic N) is 2. The van der Waals surface area contributed by atoms with Crippen LogP contribution in [0, 0.1) is 0 Å². The largest absolute Gasteiger partial charge is 0.456 e. The minimum Gasteiger partial charge on any atom is -0.456 e. The van der Waals surface area contributed by atoms with Crippen molar-refractivity contribution in [3.8, 4) is 44.9 Å². The highest BCUT2D eigenvalue weighted by atomic mass is 16.5. The van der Waals surface area contributed by atoms with E-state index in [0.29, 0.717) is 0 Å². The highest BCUT2D eigenvalue weighted by Crippen LogP contribution is 2.57. The molecule has 9 aromatic carbocycles. The second kappa shape index (κ2) is 13.4. The van der Waals surface area contributed by atoms with Gasteiger partial charge in [0, 0.05) is 45.1 Å². The van der Waals surface area contributed by atoms with E-state index in [0.717, 1.165) is 67.5 Å². The van der Waals surface area contributed by atoms with Gasteiger partial charge in [-0.2, -0.15) is 0 Å². The van der Waals surface area contributed by atoms with E-state index in [1.807, 2.05) is 0 Å². The molecule has 0 N–H and O–H groups in total. The Morgan fingerprint density at radius 3 is 1.64 bits per heavy atom. The van der Waals surface area contributed by atoms with Gasteiger partial charge in [0.15, 0.2) is 0 Å². The van der Waals surface area contributed by atoms with Gasteiger partial charge in [-0.25, -0.2) is 0 Å². The van der Waals surface area contributed by atoms with Gasteiger partial charge in [-0.15, -0.1) is 0 Å². The molecule has 1 heterocycles. The quantitative estimate of drug-likeness (QED) is 0.162. The minimum atomic E-state index is -0.132. The summed E-state index contributed by atoms with van der Waals surface area (Å²) in [6, 6.07) is 74.1. The molecule has 0 saturated carbocycles. The third kappa shape index (κ3) is 5.35. The predicted octanol–water partition coefficient (Wildman–Crippen LogP) is 15.5. The Hall–Kier alpha value is -7.36. The summed E-state index contributed by atoms with van der Waals surface area (Å²) in [5.41, 5.74) is 16.2. The van der Waals surface area contributed by atoms with Crippen LogP contribution in [0.3, 0.4) is 0 Å². The highest BCUT2D eigenvalue weighted by molar-refractivity contribution is 6.10. The van der Waals surface area contributed by atoms with E-state index in [2.05, 4.69) is 230 Å². The third-order valence-corrected chi connectivity index (χ3v) is 12.0. The van der Waals surface area contributed by atoms with Gasteiger partial charge < -0.3 is 14.5 Å². The maximum Gasteiger partial charge on any atom is 0.138 e. The fourth-order valence-corrected chi connectivity index (χ4v) is 9.33. The van der Waals surface area contributed by atoms with Gasteiger partial charge in [-0.1, -0.05) is 153 Å². The Kier molecular flexibility index (Phi) is 7.84. The van der Waals surface area contributed by atoms with Crippen LogP contribution in [-0.4, -0.2) is 0 Å². The van der Waals surface area contributed by atoms with Crippen molar-refractivity contribution >= 4 is 44.9 Å². The molecule has 1 aliphatic heterocycles. The zero-order valence-corrected chi connectivity index (χ0v) is 32.4. The maximum atomic E-state index is 7.08. The van der Waals surface area contributed by atoms with Crippen molar-refractivity contribution < 1.29 is 4.74 Å². The molecule has 11 rings (SSSR count). The number of anilines is 6. The molecule has 0 spiro atoms. The van der Waals surface area contributed by atoms with Crippen molar-refractivity contribution in [3.05, 3.63) is 217 Å². The van der Waals surface area contributed by atoms with Gasteiger partial charge in [0.05, 0.1) is 17.1 Å². The van der Waals surface area contributed by atoms with Crippen LogP contribution in [0.4, 0.5) is 34.1 Å². The summed E-state index contributed by atoms with van der Waals surface area (Å²) < 4.78 is 7.08. The van der Waals surface area contributed by atoms with Crippen LogP contribution in [-0.2, 0) is 5.41 Å². The van der Waals surface area contributed by atoms with Crippen LogP contribution in [0.25, 0.3) is 44.2 Å². The van der Waals surface area contributed by atoms with E-state index in [1.165, 1.54) is 33.4 Å². The Bertz CT molecular complexity index is 2950. The lowest BCUT2D eigenvalue weighted by atomic mass is 9.82. The van der Waals surface area contributed by atoms with Crippen molar-refractivity contribution in [2.45, 2.75) is 19.3 Å². The first kappa shape index (κ1) is 33.9. The molecule has 276 valence electrons.